The molecule has 2 rings (SSSR count). The van der Waals surface area contributed by atoms with Crippen LogP contribution in [0.1, 0.15) is 5.56 Å². The molecule has 0 radical (unpaired) electrons. The lowest BCUT2D eigenvalue weighted by atomic mass is 10.0. The predicted octanol–water partition coefficient (Wildman–Crippen LogP) is 4.85. The molecule has 0 aliphatic rings. The second-order valence-electron chi connectivity index (χ2n) is 4.68. The van der Waals surface area contributed by atoms with Gasteiger partial charge in [-0.25, -0.2) is 4.98 Å². The van der Waals surface area contributed by atoms with E-state index in [0.717, 1.165) is 24.3 Å². The molecule has 5 nitrogen and oxygen atoms in total. The first-order valence-corrected chi connectivity index (χ1v) is 6.32. The molecule has 1 unspecified atom stereocenters. The number of benzene rings is 1. The third-order valence-electron chi connectivity index (χ3n) is 2.99. The van der Waals surface area contributed by atoms with Gasteiger partial charge in [0.05, 0.1) is 5.56 Å². The van der Waals surface area contributed by atoms with Crippen LogP contribution in [0.25, 0.3) is 11.1 Å². The van der Waals surface area contributed by atoms with Crippen LogP contribution in [-0.2, 0) is 6.18 Å². The zero-order chi connectivity index (χ0) is 19.0. The number of nitrogens with one attached hydrogen (secondary N) is 1. The van der Waals surface area contributed by atoms with E-state index in [1.807, 2.05) is 4.98 Å². The molecule has 1 aromatic carbocycles. The van der Waals surface area contributed by atoms with Gasteiger partial charge >= 0.3 is 24.5 Å². The molecule has 25 heavy (non-hydrogen) atoms. The number of nitro groups is 1. The highest BCUT2D eigenvalue weighted by Gasteiger charge is 2.43. The Morgan fingerprint density at radius 1 is 1.08 bits per heavy atom. The first-order valence-electron chi connectivity index (χ1n) is 6.32. The molecule has 1 atom stereocenters. The summed E-state index contributed by atoms with van der Waals surface area (Å²) < 4.78 is 91.8. The molecule has 136 valence electrons. The molecule has 1 aromatic heterocycles. The van der Waals surface area contributed by atoms with Crippen LogP contribution in [-0.4, -0.2) is 22.4 Å². The number of H-pyrrole nitrogens is 1. The van der Waals surface area contributed by atoms with Crippen LogP contribution in [0.5, 0.6) is 5.75 Å². The quantitative estimate of drug-likeness (QED) is 0.474. The second-order valence-corrected chi connectivity index (χ2v) is 4.68. The number of nitrogens with zero attached hydrogens (tertiary/aromatic N) is 1. The van der Waals surface area contributed by atoms with Crippen LogP contribution in [0.15, 0.2) is 30.5 Å². The number of ether oxygens (including phenoxy) is 1. The summed E-state index contributed by atoms with van der Waals surface area (Å²) in [5.74, 6) is -1.56. The van der Waals surface area contributed by atoms with E-state index in [1.165, 1.54) is 0 Å². The third kappa shape index (κ3) is 4.00. The van der Waals surface area contributed by atoms with Crippen molar-refractivity contribution in [2.45, 2.75) is 18.7 Å². The number of rotatable bonds is 4. The average molecular weight is 372 g/mol. The number of hydrogen-bond acceptors (Lipinski definition) is 3. The van der Waals surface area contributed by atoms with Crippen molar-refractivity contribution >= 4 is 5.82 Å². The Labute approximate surface area is 134 Å². The van der Waals surface area contributed by atoms with Crippen molar-refractivity contribution in [1.29, 1.82) is 0 Å². The second kappa shape index (κ2) is 6.26. The Balaban J connectivity index is 2.40. The van der Waals surface area contributed by atoms with Gasteiger partial charge in [0, 0.05) is 0 Å². The van der Waals surface area contributed by atoms with Crippen molar-refractivity contribution in [2.75, 3.05) is 0 Å². The van der Waals surface area contributed by atoms with E-state index in [1.54, 1.807) is 0 Å². The highest BCUT2D eigenvalue weighted by atomic mass is 19.4. The minimum Gasteiger partial charge on any atom is -0.452 e. The molecule has 0 aliphatic heterocycles. The van der Waals surface area contributed by atoms with Gasteiger partial charge in [0.1, 0.15) is 17.5 Å². The van der Waals surface area contributed by atoms with Crippen LogP contribution < -0.4 is 4.74 Å². The molecule has 0 spiro atoms. The highest BCUT2D eigenvalue weighted by molar-refractivity contribution is 5.76. The van der Waals surface area contributed by atoms with E-state index in [9.17, 15) is 40.8 Å². The molecule has 1 N–H and O–H groups in total. The lowest BCUT2D eigenvalue weighted by Gasteiger charge is -2.14. The molecule has 0 saturated carbocycles. The van der Waals surface area contributed by atoms with E-state index in [-0.39, 0.29) is 5.56 Å². The minimum absolute atomic E-state index is 0.310. The highest BCUT2D eigenvalue weighted by Crippen LogP contribution is 2.42. The molecule has 0 aliphatic carbocycles. The summed E-state index contributed by atoms with van der Waals surface area (Å²) in [5.41, 5.74) is -2.43. The monoisotopic (exact) mass is 372 g/mol. The third-order valence-corrected chi connectivity index (χ3v) is 2.99. The first-order chi connectivity index (χ1) is 11.4. The van der Waals surface area contributed by atoms with Crippen LogP contribution in [0, 0.1) is 10.1 Å². The van der Waals surface area contributed by atoms with E-state index in [4.69, 9.17) is 0 Å². The zero-order valence-electron chi connectivity index (χ0n) is 11.8. The number of halogens is 7. The van der Waals surface area contributed by atoms with Gasteiger partial charge in [-0.3, -0.25) is 0 Å². The number of aromatic nitrogens is 1. The fourth-order valence-corrected chi connectivity index (χ4v) is 1.96. The summed E-state index contributed by atoms with van der Waals surface area (Å²) >= 11 is 0. The van der Waals surface area contributed by atoms with Crippen molar-refractivity contribution in [1.82, 2.24) is 4.98 Å². The largest absolute Gasteiger partial charge is 0.457 e. The molecular weight excluding hydrogens is 365 g/mol. The molecule has 0 amide bonds. The van der Waals surface area contributed by atoms with Crippen molar-refractivity contribution in [2.24, 2.45) is 0 Å². The maximum Gasteiger partial charge on any atom is 0.457 e. The van der Waals surface area contributed by atoms with Gasteiger partial charge in [-0.1, -0.05) is 12.1 Å². The fraction of sp³-hybridized carbons (Fsp3) is 0.231. The van der Waals surface area contributed by atoms with Gasteiger partial charge in [0.15, 0.2) is 0 Å². The van der Waals surface area contributed by atoms with Crippen molar-refractivity contribution in [3.05, 3.63) is 46.1 Å². The van der Waals surface area contributed by atoms with Crippen LogP contribution in [0.3, 0.4) is 0 Å². The molecule has 0 saturated heterocycles. The van der Waals surface area contributed by atoms with Crippen molar-refractivity contribution < 1.29 is 40.4 Å². The van der Waals surface area contributed by atoms with E-state index < -0.39 is 46.3 Å². The van der Waals surface area contributed by atoms with Crippen molar-refractivity contribution in [3.8, 4) is 16.9 Å². The summed E-state index contributed by atoms with van der Waals surface area (Å²) in [4.78, 5) is 11.7. The molecule has 12 heteroatoms. The maximum atomic E-state index is 13.0. The SMILES string of the molecule is O=[N+]([O-])c1[nH]cc(C(F)(F)F)c1-c1ccc(OC(F)C(F)(F)F)cc1. The van der Waals surface area contributed by atoms with E-state index in [2.05, 4.69) is 4.74 Å². The first kappa shape index (κ1) is 18.5. The Bertz CT molecular complexity index is 765. The van der Waals surface area contributed by atoms with E-state index >= 15 is 0 Å². The Kier molecular flexibility index (Phi) is 4.64. The standard InChI is InChI=1S/C13H7F7N2O3/c14-11(13(18,19)20)25-7-3-1-6(2-4-7)9-8(12(15,16)17)5-21-10(9)22(23)24/h1-5,11,21H. The number of alkyl halides is 7. The van der Waals surface area contributed by atoms with Crippen molar-refractivity contribution in [3.63, 3.8) is 0 Å². The lowest BCUT2D eigenvalue weighted by Crippen LogP contribution is -2.29. The lowest BCUT2D eigenvalue weighted by molar-refractivity contribution is -0.388. The Morgan fingerprint density at radius 2 is 1.64 bits per heavy atom. The minimum atomic E-state index is -5.28. The van der Waals surface area contributed by atoms with E-state index in [0.29, 0.717) is 6.20 Å². The van der Waals surface area contributed by atoms with Crippen LogP contribution in [0.4, 0.5) is 36.6 Å². The topological polar surface area (TPSA) is 68.2 Å². The summed E-state index contributed by atoms with van der Waals surface area (Å²) in [6.45, 7) is 0. The van der Waals surface area contributed by atoms with Gasteiger partial charge in [0.25, 0.3) is 0 Å². The zero-order valence-corrected chi connectivity index (χ0v) is 11.8. The van der Waals surface area contributed by atoms with Gasteiger partial charge < -0.3 is 14.9 Å². The van der Waals surface area contributed by atoms with Crippen LogP contribution >= 0.6 is 0 Å². The molecule has 0 fully saturated rings. The number of hydrogen-bond donors (Lipinski definition) is 1. The van der Waals surface area contributed by atoms with Gasteiger partial charge in [-0.15, -0.1) is 0 Å². The van der Waals surface area contributed by atoms with Gasteiger partial charge in [-0.2, -0.15) is 30.7 Å². The smallest absolute Gasteiger partial charge is 0.452 e. The normalized spacial score (nSPS) is 13.6. The molecular formula is C13H7F7N2O3. The molecule has 2 aromatic rings. The molecule has 1 heterocycles. The number of aromatic amines is 1. The van der Waals surface area contributed by atoms with Gasteiger partial charge in [-0.05, 0) is 22.6 Å². The predicted molar refractivity (Wildman–Crippen MR) is 69.5 cm³/mol. The average Bonchev–Trinajstić information content (AvgIpc) is 2.92. The summed E-state index contributed by atoms with van der Waals surface area (Å²) in [7, 11) is 0. The summed E-state index contributed by atoms with van der Waals surface area (Å²) in [6, 6.07) is 3.24. The summed E-state index contributed by atoms with van der Waals surface area (Å²) in [5, 5.41) is 10.9. The Morgan fingerprint density at radius 3 is 2.08 bits per heavy atom. The summed E-state index contributed by atoms with van der Waals surface area (Å²) in [6.07, 6.45) is -13.4. The van der Waals surface area contributed by atoms with Gasteiger partial charge in [0.2, 0.25) is 0 Å². The van der Waals surface area contributed by atoms with Crippen LogP contribution in [0.2, 0.25) is 0 Å². The fourth-order valence-electron chi connectivity index (χ4n) is 1.96. The Hall–Kier alpha value is -2.79. The maximum absolute atomic E-state index is 13.0. The molecule has 0 bridgehead atoms.